The largest absolute Gasteiger partial charge is 0.459 e. The highest BCUT2D eigenvalue weighted by Crippen LogP contribution is 2.17. The van der Waals surface area contributed by atoms with Crippen molar-refractivity contribution < 1.29 is 18.9 Å². The zero-order valence-corrected chi connectivity index (χ0v) is 16.2. The van der Waals surface area contributed by atoms with E-state index in [0.29, 0.717) is 24.8 Å². The minimum Gasteiger partial charge on any atom is -0.459 e. The summed E-state index contributed by atoms with van der Waals surface area (Å²) in [5, 5.41) is 3.01. The zero-order valence-electron chi connectivity index (χ0n) is 16.2. The number of nitrogens with zero attached hydrogens (tertiary/aromatic N) is 1. The number of furan rings is 1. The Hall–Kier alpha value is -2.60. The van der Waals surface area contributed by atoms with Gasteiger partial charge in [0.1, 0.15) is 0 Å². The lowest BCUT2D eigenvalue weighted by Gasteiger charge is -2.34. The van der Waals surface area contributed by atoms with Crippen LogP contribution in [0.2, 0.25) is 0 Å². The summed E-state index contributed by atoms with van der Waals surface area (Å²) in [6, 6.07) is 11.2. The van der Waals surface area contributed by atoms with Crippen LogP contribution in [0.25, 0.3) is 0 Å². The highest BCUT2D eigenvalue weighted by Gasteiger charge is 2.31. The van der Waals surface area contributed by atoms with E-state index in [9.17, 15) is 9.59 Å². The van der Waals surface area contributed by atoms with Crippen molar-refractivity contribution in [2.75, 3.05) is 31.5 Å². The lowest BCUT2D eigenvalue weighted by atomic mass is 10.0. The first-order chi connectivity index (χ1) is 13.0. The molecule has 0 unspecified atom stereocenters. The van der Waals surface area contributed by atoms with Gasteiger partial charge in [-0.05, 0) is 42.7 Å². The number of carbonyl (C=O) groups is 2. The Morgan fingerprint density at radius 3 is 2.30 bits per heavy atom. The van der Waals surface area contributed by atoms with Crippen LogP contribution in [0.3, 0.4) is 0 Å². The molecule has 2 N–H and O–H groups in total. The minimum absolute atomic E-state index is 0.00751. The van der Waals surface area contributed by atoms with Crippen molar-refractivity contribution in [1.82, 2.24) is 4.90 Å². The normalized spacial score (nSPS) is 16.4. The topological polar surface area (TPSA) is 67.0 Å². The number of piperazine rings is 1. The molecule has 27 heavy (non-hydrogen) atoms. The van der Waals surface area contributed by atoms with Crippen molar-refractivity contribution in [2.24, 2.45) is 0 Å². The van der Waals surface area contributed by atoms with Gasteiger partial charge in [-0.15, -0.1) is 0 Å². The average molecular weight is 370 g/mol. The van der Waals surface area contributed by atoms with Crippen LogP contribution in [0.4, 0.5) is 5.69 Å². The van der Waals surface area contributed by atoms with E-state index in [4.69, 9.17) is 4.42 Å². The maximum absolute atomic E-state index is 12.6. The van der Waals surface area contributed by atoms with Crippen LogP contribution < -0.4 is 10.2 Å². The number of nitrogens with one attached hydrogen (secondary N) is 2. The molecule has 0 saturated carbocycles. The maximum atomic E-state index is 12.6. The fraction of sp³-hybridized carbons (Fsp3) is 0.429. The number of carbonyl (C=O) groups excluding carboxylic acids is 2. The molecular formula is C21H28N3O3+. The van der Waals surface area contributed by atoms with Crippen LogP contribution in [0, 0.1) is 0 Å². The molecule has 2 amide bonds. The van der Waals surface area contributed by atoms with Gasteiger partial charge >= 0.3 is 0 Å². The molecule has 144 valence electrons. The van der Waals surface area contributed by atoms with Gasteiger partial charge in [0.05, 0.1) is 32.4 Å². The molecule has 1 atom stereocenters. The van der Waals surface area contributed by atoms with Crippen LogP contribution >= 0.6 is 0 Å². The van der Waals surface area contributed by atoms with E-state index in [0.717, 1.165) is 18.8 Å². The number of benzene rings is 1. The van der Waals surface area contributed by atoms with Crippen molar-refractivity contribution in [3.63, 3.8) is 0 Å². The number of hydrogen-bond donors (Lipinski definition) is 2. The summed E-state index contributed by atoms with van der Waals surface area (Å²) in [6.07, 6.45) is 1.51. The van der Waals surface area contributed by atoms with Crippen molar-refractivity contribution in [2.45, 2.75) is 32.7 Å². The van der Waals surface area contributed by atoms with Crippen LogP contribution in [-0.4, -0.2) is 48.9 Å². The molecule has 2 aromatic rings. The number of quaternary nitrogens is 1. The number of hydrogen-bond acceptors (Lipinski definition) is 3. The molecule has 3 rings (SSSR count). The predicted octanol–water partition coefficient (Wildman–Crippen LogP) is 1.77. The first-order valence-electron chi connectivity index (χ1n) is 9.54. The number of anilines is 1. The SMILES string of the molecule is CC(C)c1ccc(NC(=O)[C@@H](C)[NH+]2CCN(C(=O)c3ccco3)CC2)cc1. The highest BCUT2D eigenvalue weighted by atomic mass is 16.3. The molecule has 0 aliphatic carbocycles. The molecule has 0 spiro atoms. The minimum atomic E-state index is -0.171. The van der Waals surface area contributed by atoms with Crippen LogP contribution in [0.1, 0.15) is 42.8 Å². The van der Waals surface area contributed by atoms with E-state index in [1.807, 2.05) is 19.1 Å². The smallest absolute Gasteiger partial charge is 0.289 e. The number of rotatable bonds is 5. The molecule has 0 bridgehead atoms. The Labute approximate surface area is 160 Å². The van der Waals surface area contributed by atoms with Gasteiger partial charge in [-0.3, -0.25) is 9.59 Å². The van der Waals surface area contributed by atoms with Crippen LogP contribution in [0.15, 0.2) is 47.1 Å². The Morgan fingerprint density at radius 1 is 1.07 bits per heavy atom. The lowest BCUT2D eigenvalue weighted by molar-refractivity contribution is -0.917. The molecule has 1 aromatic heterocycles. The zero-order chi connectivity index (χ0) is 19.4. The van der Waals surface area contributed by atoms with Gasteiger partial charge in [-0.1, -0.05) is 26.0 Å². The van der Waals surface area contributed by atoms with E-state index in [1.165, 1.54) is 16.7 Å². The lowest BCUT2D eigenvalue weighted by Crippen LogP contribution is -3.19. The summed E-state index contributed by atoms with van der Waals surface area (Å²) < 4.78 is 5.19. The molecule has 1 aliphatic heterocycles. The Morgan fingerprint density at radius 2 is 1.74 bits per heavy atom. The van der Waals surface area contributed by atoms with Crippen LogP contribution in [-0.2, 0) is 4.79 Å². The third kappa shape index (κ3) is 4.57. The standard InChI is InChI=1S/C21H27N3O3/c1-15(2)17-6-8-18(9-7-17)22-20(25)16(3)23-10-12-24(13-11-23)21(26)19-5-4-14-27-19/h4-9,14-16H,10-13H2,1-3H3,(H,22,25)/p+1/t16-/m1/s1. The maximum Gasteiger partial charge on any atom is 0.289 e. The first-order valence-corrected chi connectivity index (χ1v) is 9.54. The monoisotopic (exact) mass is 370 g/mol. The number of amides is 2. The molecule has 1 aromatic carbocycles. The molecule has 1 aliphatic rings. The first kappa shape index (κ1) is 19.2. The third-order valence-corrected chi connectivity index (χ3v) is 5.28. The fourth-order valence-electron chi connectivity index (χ4n) is 3.37. The van der Waals surface area contributed by atoms with Crippen molar-refractivity contribution in [3.05, 3.63) is 54.0 Å². The van der Waals surface area contributed by atoms with Crippen LogP contribution in [0.5, 0.6) is 0 Å². The van der Waals surface area contributed by atoms with Gasteiger partial charge in [0.2, 0.25) is 0 Å². The highest BCUT2D eigenvalue weighted by molar-refractivity contribution is 5.93. The molecule has 2 heterocycles. The van der Waals surface area contributed by atoms with Gasteiger partial charge in [0.15, 0.2) is 11.8 Å². The fourth-order valence-corrected chi connectivity index (χ4v) is 3.37. The van der Waals surface area contributed by atoms with Gasteiger partial charge in [-0.2, -0.15) is 0 Å². The van der Waals surface area contributed by atoms with Gasteiger partial charge in [0.25, 0.3) is 11.8 Å². The molecular weight excluding hydrogens is 342 g/mol. The summed E-state index contributed by atoms with van der Waals surface area (Å²) in [6.45, 7) is 8.97. The second-order valence-electron chi connectivity index (χ2n) is 7.42. The van der Waals surface area contributed by atoms with E-state index in [-0.39, 0.29) is 17.9 Å². The Bertz CT molecular complexity index is 760. The summed E-state index contributed by atoms with van der Waals surface area (Å²) in [7, 11) is 0. The molecule has 0 radical (unpaired) electrons. The Balaban J connectivity index is 1.51. The summed E-state index contributed by atoms with van der Waals surface area (Å²) in [4.78, 5) is 27.9. The van der Waals surface area contributed by atoms with Gasteiger partial charge in [-0.25, -0.2) is 0 Å². The second kappa shape index (κ2) is 8.39. The third-order valence-electron chi connectivity index (χ3n) is 5.28. The van der Waals surface area contributed by atoms with Crippen molar-refractivity contribution >= 4 is 17.5 Å². The van der Waals surface area contributed by atoms with Gasteiger partial charge < -0.3 is 19.5 Å². The van der Waals surface area contributed by atoms with Gasteiger partial charge in [0, 0.05) is 5.69 Å². The molecule has 1 fully saturated rings. The Kier molecular flexibility index (Phi) is 5.96. The summed E-state index contributed by atoms with van der Waals surface area (Å²) in [5.74, 6) is 0.766. The second-order valence-corrected chi connectivity index (χ2v) is 7.42. The van der Waals surface area contributed by atoms with E-state index in [2.05, 4.69) is 31.3 Å². The molecule has 1 saturated heterocycles. The van der Waals surface area contributed by atoms with Crippen molar-refractivity contribution in [1.29, 1.82) is 0 Å². The quantitative estimate of drug-likeness (QED) is 0.843. The van der Waals surface area contributed by atoms with Crippen molar-refractivity contribution in [3.8, 4) is 0 Å². The average Bonchev–Trinajstić information content (AvgIpc) is 3.22. The summed E-state index contributed by atoms with van der Waals surface area (Å²) >= 11 is 0. The van der Waals surface area contributed by atoms with E-state index >= 15 is 0 Å². The predicted molar refractivity (Wildman–Crippen MR) is 104 cm³/mol. The molecule has 6 heteroatoms. The molecule has 6 nitrogen and oxygen atoms in total. The van der Waals surface area contributed by atoms with E-state index < -0.39 is 0 Å². The van der Waals surface area contributed by atoms with E-state index in [1.54, 1.807) is 17.0 Å². The summed E-state index contributed by atoms with van der Waals surface area (Å²) in [5.41, 5.74) is 2.08.